The Hall–Kier alpha value is -7.64. The van der Waals surface area contributed by atoms with E-state index in [0.717, 1.165) is 71.7 Å². The van der Waals surface area contributed by atoms with Crippen LogP contribution in [0.2, 0.25) is 0 Å². The van der Waals surface area contributed by atoms with E-state index in [0.29, 0.717) is 11.3 Å². The van der Waals surface area contributed by atoms with Crippen LogP contribution in [0, 0.1) is 17.9 Å². The van der Waals surface area contributed by atoms with Gasteiger partial charge in [-0.3, -0.25) is 0 Å². The highest BCUT2D eigenvalue weighted by Gasteiger charge is 2.22. The zero-order valence-corrected chi connectivity index (χ0v) is 30.5. The van der Waals surface area contributed by atoms with Crippen LogP contribution in [0.4, 0.5) is 5.69 Å². The Balaban J connectivity index is 1.12. The average molecular weight is 730 g/mol. The molecule has 0 spiro atoms. The second kappa shape index (κ2) is 11.4. The molecule has 0 saturated heterocycles. The summed E-state index contributed by atoms with van der Waals surface area (Å²) in [6.07, 6.45) is 0. The highest BCUT2D eigenvalue weighted by Crippen LogP contribution is 2.44. The Labute approximate surface area is 324 Å². The first-order valence-electron chi connectivity index (χ1n) is 18.5. The quantitative estimate of drug-likeness (QED) is 0.167. The van der Waals surface area contributed by atoms with Crippen molar-refractivity contribution in [3.05, 3.63) is 181 Å². The SMILES string of the molecule is [C-]#[N+]c1ccc2c(c1)c1ccc3c(c4ccccc4n3-c3ccccc3)c1n2-c1ccc2c(c1)sc1ccc(-n3c4ccccc4c4cc(C#N)ccc43)cc12. The first kappa shape index (κ1) is 30.8. The molecule has 12 aromatic rings. The van der Waals surface area contributed by atoms with Crippen molar-refractivity contribution in [1.29, 1.82) is 5.26 Å². The van der Waals surface area contributed by atoms with Crippen LogP contribution < -0.4 is 0 Å². The van der Waals surface area contributed by atoms with Gasteiger partial charge in [0.05, 0.1) is 51.3 Å². The fourth-order valence-electron chi connectivity index (χ4n) is 9.09. The molecule has 5 nitrogen and oxygen atoms in total. The molecule has 0 N–H and O–H groups in total. The molecule has 258 valence electrons. The minimum Gasteiger partial charge on any atom is -0.309 e. The first-order chi connectivity index (χ1) is 27.7. The summed E-state index contributed by atoms with van der Waals surface area (Å²) in [5, 5.41) is 18.9. The lowest BCUT2D eigenvalue weighted by Gasteiger charge is -2.10. The standard InChI is InChI=1S/C50H27N5S/c1-52-31-16-22-45-40(26-31)37-20-23-46-49(38-12-6-8-14-43(38)53(46)32-9-3-2-4-10-32)50(37)55(45)34-17-19-36-41-27-33(18-24-47(41)56-48(36)28-34)54-42-13-7-5-11-35(42)39-25-30(29-51)15-21-44(39)54/h2-28H. The Morgan fingerprint density at radius 2 is 1.09 bits per heavy atom. The zero-order valence-electron chi connectivity index (χ0n) is 29.7. The van der Waals surface area contributed by atoms with Crippen molar-refractivity contribution in [2.45, 2.75) is 0 Å². The van der Waals surface area contributed by atoms with Gasteiger partial charge in [0.15, 0.2) is 5.69 Å². The lowest BCUT2D eigenvalue weighted by molar-refractivity contribution is 1.18. The minimum atomic E-state index is 0.632. The molecule has 0 atom stereocenters. The fraction of sp³-hybridized carbons (Fsp3) is 0. The second-order valence-corrected chi connectivity index (χ2v) is 15.4. The molecule has 0 aliphatic rings. The number of benzene rings is 8. The lowest BCUT2D eigenvalue weighted by atomic mass is 10.1. The minimum absolute atomic E-state index is 0.632. The van der Waals surface area contributed by atoms with Crippen molar-refractivity contribution in [2.24, 2.45) is 0 Å². The van der Waals surface area contributed by atoms with Gasteiger partial charge in [-0.2, -0.15) is 5.26 Å². The maximum atomic E-state index is 9.66. The third-order valence-corrected chi connectivity index (χ3v) is 12.6. The maximum absolute atomic E-state index is 9.66. The van der Waals surface area contributed by atoms with Gasteiger partial charge in [0.2, 0.25) is 0 Å². The number of nitriles is 1. The zero-order chi connectivity index (χ0) is 37.1. The van der Waals surface area contributed by atoms with Crippen LogP contribution in [-0.4, -0.2) is 13.7 Å². The van der Waals surface area contributed by atoms with Crippen LogP contribution in [0.25, 0.3) is 107 Å². The predicted molar refractivity (Wildman–Crippen MR) is 233 cm³/mol. The molecule has 4 aromatic heterocycles. The Kier molecular flexibility index (Phi) is 6.28. The van der Waals surface area contributed by atoms with Crippen LogP contribution in [0.15, 0.2) is 164 Å². The summed E-state index contributed by atoms with van der Waals surface area (Å²) < 4.78 is 9.53. The molecule has 0 amide bonds. The highest BCUT2D eigenvalue weighted by molar-refractivity contribution is 7.25. The number of rotatable bonds is 3. The van der Waals surface area contributed by atoms with E-state index in [-0.39, 0.29) is 0 Å². The molecule has 0 fully saturated rings. The van der Waals surface area contributed by atoms with Gasteiger partial charge in [-0.15, -0.1) is 11.3 Å². The van der Waals surface area contributed by atoms with Gasteiger partial charge in [-0.05, 0) is 96.4 Å². The Morgan fingerprint density at radius 3 is 1.93 bits per heavy atom. The van der Waals surface area contributed by atoms with E-state index >= 15 is 0 Å². The number of hydrogen-bond acceptors (Lipinski definition) is 2. The van der Waals surface area contributed by atoms with Crippen molar-refractivity contribution in [3.8, 4) is 23.1 Å². The van der Waals surface area contributed by atoms with E-state index < -0.39 is 0 Å². The van der Waals surface area contributed by atoms with E-state index in [1.54, 1.807) is 0 Å². The number of hydrogen-bond donors (Lipinski definition) is 0. The molecular weight excluding hydrogens is 703 g/mol. The number of aromatic nitrogens is 3. The van der Waals surface area contributed by atoms with Crippen LogP contribution in [0.5, 0.6) is 0 Å². The number of para-hydroxylation sites is 3. The van der Waals surface area contributed by atoms with Crippen molar-refractivity contribution in [3.63, 3.8) is 0 Å². The highest BCUT2D eigenvalue weighted by atomic mass is 32.1. The van der Waals surface area contributed by atoms with Crippen LogP contribution in [-0.2, 0) is 0 Å². The summed E-state index contributed by atoms with van der Waals surface area (Å²) in [5.41, 5.74) is 11.3. The van der Waals surface area contributed by atoms with Gasteiger partial charge in [0.25, 0.3) is 0 Å². The summed E-state index contributed by atoms with van der Waals surface area (Å²) in [4.78, 5) is 3.82. The van der Waals surface area contributed by atoms with Crippen LogP contribution in [0.1, 0.15) is 5.56 Å². The topological polar surface area (TPSA) is 42.9 Å². The summed E-state index contributed by atoms with van der Waals surface area (Å²) >= 11 is 1.81. The largest absolute Gasteiger partial charge is 0.309 e. The van der Waals surface area contributed by atoms with E-state index in [1.165, 1.54) is 30.9 Å². The van der Waals surface area contributed by atoms with Crippen molar-refractivity contribution < 1.29 is 0 Å². The smallest absolute Gasteiger partial charge is 0.188 e. The maximum Gasteiger partial charge on any atom is 0.188 e. The van der Waals surface area contributed by atoms with Crippen LogP contribution >= 0.6 is 11.3 Å². The third kappa shape index (κ3) is 4.16. The average Bonchev–Trinajstić information content (AvgIpc) is 3.99. The molecule has 8 aromatic carbocycles. The molecule has 6 heteroatoms. The van der Waals surface area contributed by atoms with Gasteiger partial charge in [0.1, 0.15) is 0 Å². The Morgan fingerprint density at radius 1 is 0.446 bits per heavy atom. The molecule has 0 saturated carbocycles. The molecule has 0 bridgehead atoms. The molecule has 0 aliphatic heterocycles. The number of fused-ring (bicyclic) bond motifs is 13. The summed E-state index contributed by atoms with van der Waals surface area (Å²) in [7, 11) is 0. The number of nitrogens with zero attached hydrogens (tertiary/aromatic N) is 5. The van der Waals surface area contributed by atoms with E-state index in [1.807, 2.05) is 35.6 Å². The van der Waals surface area contributed by atoms with E-state index in [4.69, 9.17) is 6.57 Å². The normalized spacial score (nSPS) is 11.9. The summed E-state index contributed by atoms with van der Waals surface area (Å²) in [5.74, 6) is 0. The Bertz CT molecular complexity index is 3730. The summed E-state index contributed by atoms with van der Waals surface area (Å²) in [6.45, 7) is 7.84. The fourth-order valence-corrected chi connectivity index (χ4v) is 10.2. The third-order valence-electron chi connectivity index (χ3n) is 11.4. The van der Waals surface area contributed by atoms with Crippen LogP contribution in [0.3, 0.4) is 0 Å². The molecule has 56 heavy (non-hydrogen) atoms. The monoisotopic (exact) mass is 729 g/mol. The van der Waals surface area contributed by atoms with E-state index in [2.05, 4.69) is 164 Å². The lowest BCUT2D eigenvalue weighted by Crippen LogP contribution is -1.95. The molecule has 0 radical (unpaired) electrons. The first-order valence-corrected chi connectivity index (χ1v) is 19.3. The van der Waals surface area contributed by atoms with Gasteiger partial charge < -0.3 is 13.7 Å². The molecule has 12 rings (SSSR count). The van der Waals surface area contributed by atoms with E-state index in [9.17, 15) is 5.26 Å². The molecule has 4 heterocycles. The van der Waals surface area contributed by atoms with Crippen molar-refractivity contribution in [2.75, 3.05) is 0 Å². The molecule has 0 unspecified atom stereocenters. The predicted octanol–water partition coefficient (Wildman–Crippen LogP) is 13.8. The second-order valence-electron chi connectivity index (χ2n) is 14.4. The molecular formula is C50H27N5S. The van der Waals surface area contributed by atoms with Gasteiger partial charge in [-0.1, -0.05) is 72.8 Å². The van der Waals surface area contributed by atoms with Crippen molar-refractivity contribution in [1.82, 2.24) is 13.7 Å². The van der Waals surface area contributed by atoms with Gasteiger partial charge >= 0.3 is 0 Å². The van der Waals surface area contributed by atoms with Crippen molar-refractivity contribution >= 4 is 103 Å². The van der Waals surface area contributed by atoms with Gasteiger partial charge in [0, 0.05) is 64.2 Å². The van der Waals surface area contributed by atoms with Gasteiger partial charge in [-0.25, -0.2) is 4.85 Å². The number of thiophene rings is 1. The molecule has 0 aliphatic carbocycles. The summed E-state index contributed by atoms with van der Waals surface area (Å²) in [6, 6.07) is 60.2.